The van der Waals surface area contributed by atoms with E-state index in [4.69, 9.17) is 27.9 Å². The number of benzene rings is 1. The summed E-state index contributed by atoms with van der Waals surface area (Å²) in [5, 5.41) is 0.834. The summed E-state index contributed by atoms with van der Waals surface area (Å²) >= 11 is 11.9. The van der Waals surface area contributed by atoms with Crippen molar-refractivity contribution in [2.45, 2.75) is 32.8 Å². The molecule has 1 atom stereocenters. The fourth-order valence-electron chi connectivity index (χ4n) is 2.00. The van der Waals surface area contributed by atoms with Crippen LogP contribution in [0.1, 0.15) is 26.7 Å². The lowest BCUT2D eigenvalue weighted by molar-refractivity contribution is -0.143. The standard InChI is InChI=1S/C16H21Cl2NO4/c1-4-8-19(9-7-15(20)22-3)16(21)11(2)23-14-6-5-12(17)10-13(14)18/h5-6,10-11H,4,7-9H2,1-3H3. The van der Waals surface area contributed by atoms with E-state index in [0.29, 0.717) is 28.9 Å². The first-order valence-electron chi connectivity index (χ1n) is 7.36. The average Bonchev–Trinajstić information content (AvgIpc) is 2.52. The number of carbonyl (C=O) groups excluding carboxylic acids is 2. The van der Waals surface area contributed by atoms with Gasteiger partial charge in [0.2, 0.25) is 0 Å². The molecule has 0 aliphatic rings. The number of rotatable bonds is 8. The Hall–Kier alpha value is -1.46. The van der Waals surface area contributed by atoms with Gasteiger partial charge in [0.05, 0.1) is 18.6 Å². The fraction of sp³-hybridized carbons (Fsp3) is 0.500. The van der Waals surface area contributed by atoms with Crippen LogP contribution in [0, 0.1) is 0 Å². The van der Waals surface area contributed by atoms with Crippen molar-refractivity contribution >= 4 is 35.1 Å². The highest BCUT2D eigenvalue weighted by atomic mass is 35.5. The molecular weight excluding hydrogens is 341 g/mol. The third-order valence-corrected chi connectivity index (χ3v) is 3.69. The number of hydrogen-bond acceptors (Lipinski definition) is 4. The molecule has 0 aromatic heterocycles. The van der Waals surface area contributed by atoms with Crippen molar-refractivity contribution in [1.29, 1.82) is 0 Å². The normalized spacial score (nSPS) is 11.7. The molecule has 0 heterocycles. The number of esters is 1. The van der Waals surface area contributed by atoms with Gasteiger partial charge in [-0.25, -0.2) is 0 Å². The maximum atomic E-state index is 12.5. The summed E-state index contributed by atoms with van der Waals surface area (Å²) in [5.74, 6) is -0.170. The van der Waals surface area contributed by atoms with Crippen molar-refractivity contribution in [1.82, 2.24) is 4.90 Å². The Bertz CT molecular complexity index is 551. The molecule has 0 bridgehead atoms. The SMILES string of the molecule is CCCN(CCC(=O)OC)C(=O)C(C)Oc1ccc(Cl)cc1Cl. The molecule has 1 unspecified atom stereocenters. The second-order valence-electron chi connectivity index (χ2n) is 4.99. The molecular formula is C16H21Cl2NO4. The Morgan fingerprint density at radius 3 is 2.52 bits per heavy atom. The van der Waals surface area contributed by atoms with Crippen LogP contribution in [0.4, 0.5) is 0 Å². The summed E-state index contributed by atoms with van der Waals surface area (Å²) in [5.41, 5.74) is 0. The van der Waals surface area contributed by atoms with Crippen LogP contribution in [0.5, 0.6) is 5.75 Å². The van der Waals surface area contributed by atoms with Gasteiger partial charge in [-0.2, -0.15) is 0 Å². The van der Waals surface area contributed by atoms with Gasteiger partial charge in [-0.3, -0.25) is 9.59 Å². The molecule has 5 nitrogen and oxygen atoms in total. The number of methoxy groups -OCH3 is 1. The van der Waals surface area contributed by atoms with E-state index in [1.807, 2.05) is 6.92 Å². The lowest BCUT2D eigenvalue weighted by Gasteiger charge is -2.25. The monoisotopic (exact) mass is 361 g/mol. The van der Waals surface area contributed by atoms with E-state index in [1.165, 1.54) is 7.11 Å². The van der Waals surface area contributed by atoms with Crippen LogP contribution < -0.4 is 4.74 Å². The van der Waals surface area contributed by atoms with E-state index >= 15 is 0 Å². The number of halogens is 2. The van der Waals surface area contributed by atoms with Gasteiger partial charge >= 0.3 is 5.97 Å². The van der Waals surface area contributed by atoms with Gasteiger partial charge in [0.1, 0.15) is 5.75 Å². The summed E-state index contributed by atoms with van der Waals surface area (Å²) in [4.78, 5) is 25.3. The van der Waals surface area contributed by atoms with Crippen molar-refractivity contribution in [3.8, 4) is 5.75 Å². The summed E-state index contributed by atoms with van der Waals surface area (Å²) in [6.07, 6.45) is 0.204. The lowest BCUT2D eigenvalue weighted by atomic mass is 10.2. The number of nitrogens with zero attached hydrogens (tertiary/aromatic N) is 1. The number of amides is 1. The van der Waals surface area contributed by atoms with E-state index in [1.54, 1.807) is 30.0 Å². The fourth-order valence-corrected chi connectivity index (χ4v) is 2.45. The second-order valence-corrected chi connectivity index (χ2v) is 5.83. The first kappa shape index (κ1) is 19.6. The van der Waals surface area contributed by atoms with Crippen LogP contribution in [0.15, 0.2) is 18.2 Å². The first-order valence-corrected chi connectivity index (χ1v) is 8.12. The van der Waals surface area contributed by atoms with E-state index in [0.717, 1.165) is 6.42 Å². The maximum absolute atomic E-state index is 12.5. The lowest BCUT2D eigenvalue weighted by Crippen LogP contribution is -2.42. The van der Waals surface area contributed by atoms with Gasteiger partial charge in [0, 0.05) is 18.1 Å². The van der Waals surface area contributed by atoms with E-state index in [2.05, 4.69) is 4.74 Å². The van der Waals surface area contributed by atoms with Crippen molar-refractivity contribution in [3.63, 3.8) is 0 Å². The summed E-state index contributed by atoms with van der Waals surface area (Å²) in [7, 11) is 1.32. The molecule has 0 fully saturated rings. The van der Waals surface area contributed by atoms with Crippen molar-refractivity contribution in [3.05, 3.63) is 28.2 Å². The highest BCUT2D eigenvalue weighted by Gasteiger charge is 2.23. The van der Waals surface area contributed by atoms with E-state index in [9.17, 15) is 9.59 Å². The smallest absolute Gasteiger partial charge is 0.307 e. The molecule has 0 radical (unpaired) electrons. The Labute approximate surface area is 146 Å². The number of carbonyl (C=O) groups is 2. The van der Waals surface area contributed by atoms with Crippen LogP contribution in [0.3, 0.4) is 0 Å². The third-order valence-electron chi connectivity index (χ3n) is 3.16. The van der Waals surface area contributed by atoms with Crippen LogP contribution in [-0.4, -0.2) is 43.1 Å². The van der Waals surface area contributed by atoms with Crippen LogP contribution in [-0.2, 0) is 14.3 Å². The summed E-state index contributed by atoms with van der Waals surface area (Å²) in [6, 6.07) is 4.81. The Balaban J connectivity index is 2.72. The Morgan fingerprint density at radius 1 is 1.26 bits per heavy atom. The Morgan fingerprint density at radius 2 is 1.96 bits per heavy atom. The molecule has 1 aromatic carbocycles. The highest BCUT2D eigenvalue weighted by molar-refractivity contribution is 6.35. The third kappa shape index (κ3) is 6.28. The minimum atomic E-state index is -0.724. The molecule has 1 aromatic rings. The highest BCUT2D eigenvalue weighted by Crippen LogP contribution is 2.28. The molecule has 1 amide bonds. The van der Waals surface area contributed by atoms with Crippen LogP contribution in [0.25, 0.3) is 0 Å². The number of ether oxygens (including phenoxy) is 2. The molecule has 0 aliphatic carbocycles. The van der Waals surface area contributed by atoms with Crippen molar-refractivity contribution in [2.24, 2.45) is 0 Å². The average molecular weight is 362 g/mol. The van der Waals surface area contributed by atoms with Gasteiger partial charge in [-0.1, -0.05) is 30.1 Å². The second kappa shape index (κ2) is 9.63. The Kier molecular flexibility index (Phi) is 8.20. The summed E-state index contributed by atoms with van der Waals surface area (Å²) in [6.45, 7) is 4.44. The zero-order valence-electron chi connectivity index (χ0n) is 13.5. The minimum absolute atomic E-state index is 0.149. The topological polar surface area (TPSA) is 55.8 Å². The van der Waals surface area contributed by atoms with Gasteiger partial charge < -0.3 is 14.4 Å². The zero-order valence-corrected chi connectivity index (χ0v) is 15.0. The molecule has 0 N–H and O–H groups in total. The maximum Gasteiger partial charge on any atom is 0.307 e. The van der Waals surface area contributed by atoms with Gasteiger partial charge in [0.15, 0.2) is 6.10 Å². The predicted molar refractivity (Wildman–Crippen MR) is 90.1 cm³/mol. The van der Waals surface area contributed by atoms with Gasteiger partial charge in [0.25, 0.3) is 5.91 Å². The van der Waals surface area contributed by atoms with Crippen LogP contribution in [0.2, 0.25) is 10.0 Å². The van der Waals surface area contributed by atoms with Crippen molar-refractivity contribution in [2.75, 3.05) is 20.2 Å². The van der Waals surface area contributed by atoms with Gasteiger partial charge in [-0.05, 0) is 31.5 Å². The predicted octanol–water partition coefficient (Wildman–Crippen LogP) is 3.56. The molecule has 1 rings (SSSR count). The molecule has 128 valence electrons. The molecule has 23 heavy (non-hydrogen) atoms. The molecule has 7 heteroatoms. The quantitative estimate of drug-likeness (QED) is 0.664. The van der Waals surface area contributed by atoms with Gasteiger partial charge in [-0.15, -0.1) is 0 Å². The van der Waals surface area contributed by atoms with E-state index in [-0.39, 0.29) is 18.3 Å². The molecule has 0 saturated heterocycles. The zero-order chi connectivity index (χ0) is 17.4. The van der Waals surface area contributed by atoms with E-state index < -0.39 is 6.10 Å². The molecule has 0 spiro atoms. The summed E-state index contributed by atoms with van der Waals surface area (Å²) < 4.78 is 10.2. The van der Waals surface area contributed by atoms with Crippen molar-refractivity contribution < 1.29 is 19.1 Å². The largest absolute Gasteiger partial charge is 0.479 e. The minimum Gasteiger partial charge on any atom is -0.479 e. The first-order chi connectivity index (χ1) is 10.9. The molecule has 0 aliphatic heterocycles. The van der Waals surface area contributed by atoms with Crippen LogP contribution >= 0.6 is 23.2 Å². The molecule has 0 saturated carbocycles. The number of hydrogen-bond donors (Lipinski definition) is 0.